The first kappa shape index (κ1) is 12.4. The summed E-state index contributed by atoms with van der Waals surface area (Å²) in [5.41, 5.74) is 2.45. The van der Waals surface area contributed by atoms with Crippen molar-refractivity contribution >= 4 is 34.3 Å². The molecule has 0 fully saturated rings. The van der Waals surface area contributed by atoms with Gasteiger partial charge in [0.05, 0.1) is 5.52 Å². The Kier molecular flexibility index (Phi) is 3.36. The zero-order valence-electron chi connectivity index (χ0n) is 10.2. The highest BCUT2D eigenvalue weighted by atomic mass is 35.5. The van der Waals surface area contributed by atoms with E-state index >= 15 is 0 Å². The molecule has 0 unspecified atom stereocenters. The summed E-state index contributed by atoms with van der Waals surface area (Å²) >= 11 is 7.65. The summed E-state index contributed by atoms with van der Waals surface area (Å²) in [7, 11) is 0. The lowest BCUT2D eigenvalue weighted by molar-refractivity contribution is 1.16. The molecular weight excluding hydrogens is 278 g/mol. The first-order valence-electron chi connectivity index (χ1n) is 5.71. The third-order valence-corrected chi connectivity index (χ3v) is 3.73. The number of nitrogens with zero attached hydrogens (tertiary/aromatic N) is 3. The van der Waals surface area contributed by atoms with Gasteiger partial charge in [-0.15, -0.1) is 11.8 Å². The van der Waals surface area contributed by atoms with E-state index in [-0.39, 0.29) is 5.28 Å². The van der Waals surface area contributed by atoms with Crippen molar-refractivity contribution in [2.45, 2.75) is 4.90 Å². The Morgan fingerprint density at radius 2 is 1.84 bits per heavy atom. The van der Waals surface area contributed by atoms with Crippen LogP contribution >= 0.6 is 23.4 Å². The maximum absolute atomic E-state index is 6.01. The van der Waals surface area contributed by atoms with Crippen molar-refractivity contribution in [2.24, 2.45) is 0 Å². The summed E-state index contributed by atoms with van der Waals surface area (Å²) in [5.74, 6) is 0. The second kappa shape index (κ2) is 5.15. The summed E-state index contributed by atoms with van der Waals surface area (Å²) in [6, 6.07) is 11.8. The molecule has 0 radical (unpaired) electrons. The molecular formula is C14H10ClN3S. The van der Waals surface area contributed by atoms with Crippen LogP contribution in [0.3, 0.4) is 0 Å². The maximum Gasteiger partial charge on any atom is 0.223 e. The molecule has 0 saturated carbocycles. The molecule has 19 heavy (non-hydrogen) atoms. The minimum absolute atomic E-state index is 0.242. The third kappa shape index (κ3) is 2.29. The van der Waals surface area contributed by atoms with Crippen molar-refractivity contribution in [3.8, 4) is 11.4 Å². The van der Waals surface area contributed by atoms with Gasteiger partial charge in [0.25, 0.3) is 0 Å². The van der Waals surface area contributed by atoms with Crippen LogP contribution in [0.1, 0.15) is 0 Å². The van der Waals surface area contributed by atoms with Gasteiger partial charge >= 0.3 is 0 Å². The topological polar surface area (TPSA) is 38.7 Å². The van der Waals surface area contributed by atoms with E-state index in [0.29, 0.717) is 0 Å². The SMILES string of the molecule is CSc1cccnc1-c1nc(Cl)nc2ccccc12. The summed E-state index contributed by atoms with van der Waals surface area (Å²) < 4.78 is 0. The van der Waals surface area contributed by atoms with Crippen molar-refractivity contribution in [3.05, 3.63) is 47.9 Å². The van der Waals surface area contributed by atoms with Crippen molar-refractivity contribution in [1.29, 1.82) is 0 Å². The van der Waals surface area contributed by atoms with Gasteiger partial charge in [-0.25, -0.2) is 9.97 Å². The van der Waals surface area contributed by atoms with Crippen LogP contribution in [-0.4, -0.2) is 21.2 Å². The van der Waals surface area contributed by atoms with Gasteiger partial charge in [-0.2, -0.15) is 0 Å². The highest BCUT2D eigenvalue weighted by molar-refractivity contribution is 7.98. The van der Waals surface area contributed by atoms with Gasteiger partial charge in [-0.05, 0) is 36.1 Å². The number of thioether (sulfide) groups is 1. The van der Waals surface area contributed by atoms with Crippen LogP contribution in [0.5, 0.6) is 0 Å². The van der Waals surface area contributed by atoms with E-state index in [0.717, 1.165) is 27.2 Å². The highest BCUT2D eigenvalue weighted by Gasteiger charge is 2.12. The van der Waals surface area contributed by atoms with Gasteiger partial charge in [-0.3, -0.25) is 4.98 Å². The quantitative estimate of drug-likeness (QED) is 0.526. The second-order valence-corrected chi connectivity index (χ2v) is 5.10. The first-order chi connectivity index (χ1) is 9.29. The number of hydrogen-bond donors (Lipinski definition) is 0. The van der Waals surface area contributed by atoms with Gasteiger partial charge in [0, 0.05) is 16.5 Å². The van der Waals surface area contributed by atoms with Crippen LogP contribution in [0.25, 0.3) is 22.3 Å². The lowest BCUT2D eigenvalue weighted by Gasteiger charge is -2.08. The van der Waals surface area contributed by atoms with Crippen molar-refractivity contribution in [1.82, 2.24) is 15.0 Å². The molecule has 2 heterocycles. The van der Waals surface area contributed by atoms with Crippen LogP contribution in [0.2, 0.25) is 5.28 Å². The van der Waals surface area contributed by atoms with Crippen LogP contribution < -0.4 is 0 Å². The molecule has 3 nitrogen and oxygen atoms in total. The Balaban J connectivity index is 2.36. The van der Waals surface area contributed by atoms with Gasteiger partial charge in [0.15, 0.2) is 0 Å². The van der Waals surface area contributed by atoms with E-state index in [1.165, 1.54) is 0 Å². The molecule has 0 amide bonds. The van der Waals surface area contributed by atoms with E-state index in [4.69, 9.17) is 11.6 Å². The van der Waals surface area contributed by atoms with Crippen molar-refractivity contribution in [3.63, 3.8) is 0 Å². The number of pyridine rings is 1. The van der Waals surface area contributed by atoms with Gasteiger partial charge in [0.1, 0.15) is 11.4 Å². The second-order valence-electron chi connectivity index (χ2n) is 3.91. The van der Waals surface area contributed by atoms with E-state index in [9.17, 15) is 0 Å². The number of benzene rings is 1. The summed E-state index contributed by atoms with van der Waals surface area (Å²) in [4.78, 5) is 14.1. The molecule has 3 aromatic rings. The Morgan fingerprint density at radius 1 is 1.00 bits per heavy atom. The van der Waals surface area contributed by atoms with E-state index in [1.807, 2.05) is 42.7 Å². The normalized spacial score (nSPS) is 10.8. The average molecular weight is 288 g/mol. The van der Waals surface area contributed by atoms with Crippen molar-refractivity contribution < 1.29 is 0 Å². The van der Waals surface area contributed by atoms with Crippen LogP contribution in [0.15, 0.2) is 47.5 Å². The predicted molar refractivity (Wildman–Crippen MR) is 79.6 cm³/mol. The molecule has 1 aromatic carbocycles. The number of halogens is 1. The Morgan fingerprint density at radius 3 is 2.68 bits per heavy atom. The molecule has 0 bridgehead atoms. The monoisotopic (exact) mass is 287 g/mol. The molecule has 0 spiro atoms. The van der Waals surface area contributed by atoms with E-state index in [2.05, 4.69) is 15.0 Å². The minimum Gasteiger partial charge on any atom is -0.253 e. The molecule has 0 N–H and O–H groups in total. The van der Waals surface area contributed by atoms with Crippen LogP contribution in [-0.2, 0) is 0 Å². The number of hydrogen-bond acceptors (Lipinski definition) is 4. The molecule has 0 aliphatic carbocycles. The lowest BCUT2D eigenvalue weighted by Crippen LogP contribution is -1.94. The third-order valence-electron chi connectivity index (χ3n) is 2.79. The fraction of sp³-hybridized carbons (Fsp3) is 0.0714. The molecule has 0 aliphatic heterocycles. The fourth-order valence-corrected chi connectivity index (χ4v) is 2.69. The highest BCUT2D eigenvalue weighted by Crippen LogP contribution is 2.31. The van der Waals surface area contributed by atoms with Crippen LogP contribution in [0.4, 0.5) is 0 Å². The Bertz CT molecular complexity index is 746. The number of fused-ring (bicyclic) bond motifs is 1. The van der Waals surface area contributed by atoms with E-state index < -0.39 is 0 Å². The van der Waals surface area contributed by atoms with E-state index in [1.54, 1.807) is 18.0 Å². The largest absolute Gasteiger partial charge is 0.253 e. The summed E-state index contributed by atoms with van der Waals surface area (Å²) in [6.45, 7) is 0. The summed E-state index contributed by atoms with van der Waals surface area (Å²) in [5, 5.41) is 1.20. The zero-order chi connectivity index (χ0) is 13.2. The fourth-order valence-electron chi connectivity index (χ4n) is 1.96. The molecule has 3 rings (SSSR count). The standard InChI is InChI=1S/C14H10ClN3S/c1-19-11-7-4-8-16-13(11)12-9-5-2-3-6-10(9)17-14(15)18-12/h2-8H,1H3. The molecule has 5 heteroatoms. The minimum atomic E-state index is 0.242. The number of rotatable bonds is 2. The first-order valence-corrected chi connectivity index (χ1v) is 7.31. The van der Waals surface area contributed by atoms with Crippen LogP contribution in [0, 0.1) is 0 Å². The van der Waals surface area contributed by atoms with Crippen molar-refractivity contribution in [2.75, 3.05) is 6.26 Å². The lowest BCUT2D eigenvalue weighted by atomic mass is 10.1. The number of para-hydroxylation sites is 1. The van der Waals surface area contributed by atoms with Gasteiger partial charge < -0.3 is 0 Å². The van der Waals surface area contributed by atoms with Gasteiger partial charge in [-0.1, -0.05) is 18.2 Å². The Hall–Kier alpha value is -1.65. The smallest absolute Gasteiger partial charge is 0.223 e. The maximum atomic E-state index is 6.01. The molecule has 0 aliphatic rings. The summed E-state index contributed by atoms with van der Waals surface area (Å²) in [6.07, 6.45) is 3.78. The average Bonchev–Trinajstić information content (AvgIpc) is 2.46. The molecule has 94 valence electrons. The Labute approximate surface area is 120 Å². The zero-order valence-corrected chi connectivity index (χ0v) is 11.7. The molecule has 2 aromatic heterocycles. The van der Waals surface area contributed by atoms with Gasteiger partial charge in [0.2, 0.25) is 5.28 Å². The molecule has 0 saturated heterocycles. The number of aromatic nitrogens is 3. The molecule has 0 atom stereocenters. The predicted octanol–water partition coefficient (Wildman–Crippen LogP) is 4.07.